The fraction of sp³-hybridized carbons (Fsp3) is 0.0667. The standard InChI is InChI=1S/C15H12N4O4/c1-18-8-9(10-4-2-3-5-11(10)18)6-7-12-16-14(20)13(19(22)23)15(21)17-12/h2-8H,1H3,(H2,16,17,20,21)/b7-6-. The predicted octanol–water partition coefficient (Wildman–Crippen LogP) is 2.05. The first-order chi connectivity index (χ1) is 11.0. The lowest BCUT2D eigenvalue weighted by atomic mass is 10.1. The first kappa shape index (κ1) is 14.5. The van der Waals surface area contributed by atoms with Crippen molar-refractivity contribution in [3.8, 4) is 5.88 Å². The van der Waals surface area contributed by atoms with E-state index in [4.69, 9.17) is 0 Å². The number of aromatic nitrogens is 3. The summed E-state index contributed by atoms with van der Waals surface area (Å²) >= 11 is 0. The molecule has 3 aromatic rings. The van der Waals surface area contributed by atoms with E-state index in [1.54, 1.807) is 6.08 Å². The van der Waals surface area contributed by atoms with Crippen LogP contribution >= 0.6 is 0 Å². The van der Waals surface area contributed by atoms with E-state index >= 15 is 0 Å². The van der Waals surface area contributed by atoms with Gasteiger partial charge < -0.3 is 14.7 Å². The van der Waals surface area contributed by atoms with Crippen molar-refractivity contribution in [2.24, 2.45) is 7.05 Å². The van der Waals surface area contributed by atoms with Crippen LogP contribution in [0.4, 0.5) is 5.69 Å². The van der Waals surface area contributed by atoms with Crippen molar-refractivity contribution >= 4 is 28.7 Å². The van der Waals surface area contributed by atoms with Gasteiger partial charge in [0.05, 0.1) is 4.92 Å². The van der Waals surface area contributed by atoms with E-state index in [9.17, 15) is 20.0 Å². The predicted molar refractivity (Wildman–Crippen MR) is 85.0 cm³/mol. The number of hydrogen-bond acceptors (Lipinski definition) is 5. The molecule has 1 aromatic carbocycles. The first-order valence-electron chi connectivity index (χ1n) is 6.67. The summed E-state index contributed by atoms with van der Waals surface area (Å²) in [5, 5.41) is 21.2. The van der Waals surface area contributed by atoms with E-state index in [-0.39, 0.29) is 5.82 Å². The molecule has 0 fully saturated rings. The highest BCUT2D eigenvalue weighted by Crippen LogP contribution is 2.22. The number of nitrogens with zero attached hydrogens (tertiary/aromatic N) is 3. The van der Waals surface area contributed by atoms with Crippen LogP contribution in [-0.4, -0.2) is 24.6 Å². The third-order valence-electron chi connectivity index (χ3n) is 3.43. The molecule has 8 heteroatoms. The molecule has 116 valence electrons. The van der Waals surface area contributed by atoms with Gasteiger partial charge in [0, 0.05) is 29.7 Å². The number of aryl methyl sites for hydroxylation is 1. The summed E-state index contributed by atoms with van der Waals surface area (Å²) in [6, 6.07) is 7.78. The lowest BCUT2D eigenvalue weighted by Crippen LogP contribution is -2.14. The maximum Gasteiger partial charge on any atom is 0.395 e. The van der Waals surface area contributed by atoms with Crippen molar-refractivity contribution in [3.05, 3.63) is 62.3 Å². The molecule has 0 spiro atoms. The topological polar surface area (TPSA) is 114 Å². The molecule has 0 amide bonds. The van der Waals surface area contributed by atoms with Crippen LogP contribution in [0, 0.1) is 10.1 Å². The molecule has 0 atom stereocenters. The smallest absolute Gasteiger partial charge is 0.395 e. The highest BCUT2D eigenvalue weighted by atomic mass is 16.6. The van der Waals surface area contributed by atoms with E-state index < -0.39 is 22.0 Å². The van der Waals surface area contributed by atoms with Gasteiger partial charge in [-0.3, -0.25) is 14.9 Å². The number of nitro groups is 1. The Morgan fingerprint density at radius 2 is 2.09 bits per heavy atom. The zero-order valence-corrected chi connectivity index (χ0v) is 12.1. The number of rotatable bonds is 3. The molecule has 0 aliphatic rings. The molecular formula is C15H12N4O4. The van der Waals surface area contributed by atoms with Gasteiger partial charge in [-0.2, -0.15) is 4.98 Å². The third-order valence-corrected chi connectivity index (χ3v) is 3.43. The van der Waals surface area contributed by atoms with Crippen molar-refractivity contribution < 1.29 is 10.0 Å². The van der Waals surface area contributed by atoms with Crippen LogP contribution in [0.5, 0.6) is 5.88 Å². The molecule has 23 heavy (non-hydrogen) atoms. The number of fused-ring (bicyclic) bond motifs is 1. The molecule has 0 aliphatic carbocycles. The fourth-order valence-electron chi connectivity index (χ4n) is 2.39. The van der Waals surface area contributed by atoms with Gasteiger partial charge in [-0.25, -0.2) is 0 Å². The first-order valence-corrected chi connectivity index (χ1v) is 6.67. The second-order valence-corrected chi connectivity index (χ2v) is 4.93. The van der Waals surface area contributed by atoms with E-state index in [0.717, 1.165) is 16.5 Å². The van der Waals surface area contributed by atoms with Crippen molar-refractivity contribution in [1.29, 1.82) is 0 Å². The van der Waals surface area contributed by atoms with Crippen LogP contribution in [0.3, 0.4) is 0 Å². The summed E-state index contributed by atoms with van der Waals surface area (Å²) < 4.78 is 1.96. The number of aromatic amines is 1. The minimum absolute atomic E-state index is 0.0334. The van der Waals surface area contributed by atoms with Crippen molar-refractivity contribution in [3.63, 3.8) is 0 Å². The highest BCUT2D eigenvalue weighted by Gasteiger charge is 2.21. The van der Waals surface area contributed by atoms with Gasteiger partial charge in [-0.15, -0.1) is 0 Å². The van der Waals surface area contributed by atoms with E-state index in [2.05, 4.69) is 9.97 Å². The van der Waals surface area contributed by atoms with Crippen molar-refractivity contribution in [2.45, 2.75) is 0 Å². The van der Waals surface area contributed by atoms with Crippen LogP contribution < -0.4 is 5.56 Å². The number of benzene rings is 1. The SMILES string of the molecule is Cn1cc(/C=C\c2nc(O)c([N+](=O)[O-])c(=O)[nH]2)c2ccccc21. The van der Waals surface area contributed by atoms with E-state index in [1.165, 1.54) is 6.08 Å². The van der Waals surface area contributed by atoms with Crippen LogP contribution in [-0.2, 0) is 7.05 Å². The van der Waals surface area contributed by atoms with Crippen LogP contribution in [0.2, 0.25) is 0 Å². The summed E-state index contributed by atoms with van der Waals surface area (Å²) in [7, 11) is 1.91. The summed E-state index contributed by atoms with van der Waals surface area (Å²) in [5.41, 5.74) is -0.0314. The Morgan fingerprint density at radius 3 is 2.78 bits per heavy atom. The van der Waals surface area contributed by atoms with Gasteiger partial charge in [0.1, 0.15) is 5.82 Å². The number of aromatic hydroxyl groups is 1. The summed E-state index contributed by atoms with van der Waals surface area (Å²) in [5.74, 6) is -0.873. The lowest BCUT2D eigenvalue weighted by molar-refractivity contribution is -0.387. The van der Waals surface area contributed by atoms with E-state index in [0.29, 0.717) is 0 Å². The zero-order chi connectivity index (χ0) is 16.6. The molecule has 0 saturated heterocycles. The number of para-hydroxylation sites is 1. The Kier molecular flexibility index (Phi) is 3.41. The number of hydrogen-bond donors (Lipinski definition) is 2. The molecule has 2 N–H and O–H groups in total. The molecule has 0 bridgehead atoms. The molecule has 2 heterocycles. The summed E-state index contributed by atoms with van der Waals surface area (Å²) in [6.45, 7) is 0. The molecule has 0 aliphatic heterocycles. The Morgan fingerprint density at radius 1 is 1.35 bits per heavy atom. The second-order valence-electron chi connectivity index (χ2n) is 4.93. The normalized spacial score (nSPS) is 11.3. The minimum atomic E-state index is -1.000. The van der Waals surface area contributed by atoms with Crippen molar-refractivity contribution in [2.75, 3.05) is 0 Å². The Bertz CT molecular complexity index is 1000. The van der Waals surface area contributed by atoms with Gasteiger partial charge in [0.2, 0.25) is 0 Å². The monoisotopic (exact) mass is 312 g/mol. The Balaban J connectivity index is 2.03. The lowest BCUT2D eigenvalue weighted by Gasteiger charge is -1.96. The third kappa shape index (κ3) is 2.57. The molecule has 0 saturated carbocycles. The minimum Gasteiger partial charge on any atom is -0.488 e. The Hall–Kier alpha value is -3.42. The molecule has 8 nitrogen and oxygen atoms in total. The van der Waals surface area contributed by atoms with Gasteiger partial charge in [-0.1, -0.05) is 18.2 Å². The molecule has 3 rings (SSSR count). The van der Waals surface area contributed by atoms with Crippen LogP contribution in [0.25, 0.3) is 23.1 Å². The van der Waals surface area contributed by atoms with Crippen LogP contribution in [0.1, 0.15) is 11.4 Å². The maximum atomic E-state index is 11.6. The highest BCUT2D eigenvalue weighted by molar-refractivity contribution is 5.91. The van der Waals surface area contributed by atoms with E-state index in [1.807, 2.05) is 42.1 Å². The number of H-pyrrole nitrogens is 1. The van der Waals surface area contributed by atoms with Gasteiger partial charge >= 0.3 is 11.2 Å². The largest absolute Gasteiger partial charge is 0.488 e. The van der Waals surface area contributed by atoms with Gasteiger partial charge in [-0.05, 0) is 18.2 Å². The average molecular weight is 312 g/mol. The summed E-state index contributed by atoms with van der Waals surface area (Å²) in [4.78, 5) is 27.2. The molecule has 0 radical (unpaired) electrons. The Labute approximate surface area is 129 Å². The van der Waals surface area contributed by atoms with Gasteiger partial charge in [0.15, 0.2) is 0 Å². The number of nitrogens with one attached hydrogen (secondary N) is 1. The van der Waals surface area contributed by atoms with Crippen molar-refractivity contribution in [1.82, 2.24) is 14.5 Å². The summed E-state index contributed by atoms with van der Waals surface area (Å²) in [6.07, 6.45) is 5.10. The molecule has 0 unspecified atom stereocenters. The maximum absolute atomic E-state index is 11.6. The zero-order valence-electron chi connectivity index (χ0n) is 12.1. The fourth-order valence-corrected chi connectivity index (χ4v) is 2.39. The second kappa shape index (κ2) is 5.41. The quantitative estimate of drug-likeness (QED) is 0.567. The molecular weight excluding hydrogens is 300 g/mol. The average Bonchev–Trinajstić information content (AvgIpc) is 2.81. The van der Waals surface area contributed by atoms with Gasteiger partial charge in [0.25, 0.3) is 5.88 Å². The molecule has 2 aromatic heterocycles. The van der Waals surface area contributed by atoms with Crippen LogP contribution in [0.15, 0.2) is 35.3 Å².